The fourth-order valence-corrected chi connectivity index (χ4v) is 3.05. The quantitative estimate of drug-likeness (QED) is 0.599. The second-order valence-corrected chi connectivity index (χ2v) is 6.90. The van der Waals surface area contributed by atoms with E-state index < -0.39 is 0 Å². The van der Waals surface area contributed by atoms with E-state index in [-0.39, 0.29) is 11.6 Å². The summed E-state index contributed by atoms with van der Waals surface area (Å²) in [7, 11) is 0. The van der Waals surface area contributed by atoms with E-state index in [2.05, 4.69) is 58.4 Å². The molecule has 150 valence electrons. The van der Waals surface area contributed by atoms with Crippen LogP contribution < -0.4 is 15.5 Å². The number of nitrogens with one attached hydrogen (secondary N) is 2. The highest BCUT2D eigenvalue weighted by atomic mass is 16.1. The summed E-state index contributed by atoms with van der Waals surface area (Å²) in [5, 5.41) is 6.10. The Hall–Kier alpha value is -3.41. The van der Waals surface area contributed by atoms with E-state index in [0.29, 0.717) is 5.82 Å². The number of anilines is 4. The zero-order valence-electron chi connectivity index (χ0n) is 17.4. The van der Waals surface area contributed by atoms with Gasteiger partial charge in [0.1, 0.15) is 11.5 Å². The minimum atomic E-state index is -0.285. The van der Waals surface area contributed by atoms with Crippen LogP contribution in [0.2, 0.25) is 0 Å². The molecule has 6 nitrogen and oxygen atoms in total. The highest BCUT2D eigenvalue weighted by Crippen LogP contribution is 2.24. The molecule has 3 aromatic rings. The van der Waals surface area contributed by atoms with Gasteiger partial charge in [0.2, 0.25) is 0 Å². The minimum absolute atomic E-state index is 0.268. The van der Waals surface area contributed by atoms with Crippen LogP contribution in [0.1, 0.15) is 35.5 Å². The van der Waals surface area contributed by atoms with Crippen molar-refractivity contribution in [2.75, 3.05) is 28.6 Å². The van der Waals surface area contributed by atoms with Gasteiger partial charge in [0.15, 0.2) is 0 Å². The first-order chi connectivity index (χ1) is 14.0. The van der Waals surface area contributed by atoms with Gasteiger partial charge in [0, 0.05) is 30.2 Å². The summed E-state index contributed by atoms with van der Waals surface area (Å²) in [5.74, 6) is 0.309. The van der Waals surface area contributed by atoms with Crippen molar-refractivity contribution in [1.29, 1.82) is 0 Å². The first-order valence-corrected chi connectivity index (χ1v) is 9.82. The second kappa shape index (κ2) is 9.19. The first kappa shape index (κ1) is 20.3. The maximum atomic E-state index is 12.3. The van der Waals surface area contributed by atoms with Gasteiger partial charge in [-0.05, 0) is 63.6 Å². The number of aromatic nitrogens is 2. The second-order valence-electron chi connectivity index (χ2n) is 6.90. The molecule has 0 aliphatic heterocycles. The topological polar surface area (TPSA) is 70.2 Å². The molecule has 1 aromatic heterocycles. The van der Waals surface area contributed by atoms with E-state index in [1.807, 2.05) is 37.3 Å². The Kier molecular flexibility index (Phi) is 6.44. The molecule has 0 aliphatic carbocycles. The van der Waals surface area contributed by atoms with Gasteiger partial charge >= 0.3 is 0 Å². The van der Waals surface area contributed by atoms with Gasteiger partial charge < -0.3 is 15.5 Å². The number of aryl methyl sites for hydroxylation is 2. The molecule has 1 heterocycles. The molecule has 29 heavy (non-hydrogen) atoms. The molecule has 0 spiro atoms. The highest BCUT2D eigenvalue weighted by molar-refractivity contribution is 6.02. The minimum Gasteiger partial charge on any atom is -0.372 e. The summed E-state index contributed by atoms with van der Waals surface area (Å²) in [6, 6.07) is 13.9. The third-order valence-electron chi connectivity index (χ3n) is 4.80. The fraction of sp³-hybridized carbons (Fsp3) is 0.261. The zero-order valence-corrected chi connectivity index (χ0v) is 17.4. The summed E-state index contributed by atoms with van der Waals surface area (Å²) in [4.78, 5) is 23.2. The van der Waals surface area contributed by atoms with Crippen molar-refractivity contribution in [3.05, 3.63) is 71.7 Å². The van der Waals surface area contributed by atoms with E-state index in [0.717, 1.165) is 35.6 Å². The maximum absolute atomic E-state index is 12.3. The van der Waals surface area contributed by atoms with E-state index in [4.69, 9.17) is 0 Å². The third kappa shape index (κ3) is 5.10. The van der Waals surface area contributed by atoms with E-state index in [1.165, 1.54) is 11.9 Å². The molecule has 0 bridgehead atoms. The van der Waals surface area contributed by atoms with Crippen molar-refractivity contribution in [2.24, 2.45) is 0 Å². The van der Waals surface area contributed by atoms with Gasteiger partial charge in [-0.15, -0.1) is 0 Å². The molecule has 0 aliphatic rings. The Balaban J connectivity index is 1.67. The number of amides is 1. The van der Waals surface area contributed by atoms with Crippen LogP contribution in [0.25, 0.3) is 0 Å². The van der Waals surface area contributed by atoms with Gasteiger partial charge in [-0.1, -0.05) is 17.7 Å². The lowest BCUT2D eigenvalue weighted by atomic mass is 10.1. The van der Waals surface area contributed by atoms with Crippen LogP contribution in [-0.4, -0.2) is 29.0 Å². The number of rotatable bonds is 7. The van der Waals surface area contributed by atoms with Crippen molar-refractivity contribution < 1.29 is 4.79 Å². The number of hydrogen-bond acceptors (Lipinski definition) is 5. The molecule has 2 N–H and O–H groups in total. The van der Waals surface area contributed by atoms with Crippen LogP contribution in [0.3, 0.4) is 0 Å². The van der Waals surface area contributed by atoms with Crippen molar-refractivity contribution in [3.63, 3.8) is 0 Å². The standard InChI is InChI=1S/C23H27N5O/c1-5-28(6-2)19-11-12-20(17(4)13-19)27-22-15-24-21(14-25-22)23(29)26-18-9-7-16(3)8-10-18/h7-15H,5-6H2,1-4H3,(H,25,27)(H,26,29). The molecule has 0 atom stereocenters. The molecule has 0 saturated heterocycles. The van der Waals surface area contributed by atoms with Crippen LogP contribution >= 0.6 is 0 Å². The van der Waals surface area contributed by atoms with Gasteiger partial charge in [0.05, 0.1) is 12.4 Å². The molecule has 2 aromatic carbocycles. The van der Waals surface area contributed by atoms with Crippen molar-refractivity contribution in [1.82, 2.24) is 9.97 Å². The highest BCUT2D eigenvalue weighted by Gasteiger charge is 2.10. The smallest absolute Gasteiger partial charge is 0.275 e. The van der Waals surface area contributed by atoms with Crippen LogP contribution in [0.5, 0.6) is 0 Å². The first-order valence-electron chi connectivity index (χ1n) is 9.82. The summed E-state index contributed by atoms with van der Waals surface area (Å²) in [6.07, 6.45) is 3.05. The summed E-state index contributed by atoms with van der Waals surface area (Å²) < 4.78 is 0. The SMILES string of the molecule is CCN(CC)c1ccc(Nc2cnc(C(=O)Nc3ccc(C)cc3)cn2)c(C)c1. The van der Waals surface area contributed by atoms with Crippen LogP contribution in [0, 0.1) is 13.8 Å². The molecule has 6 heteroatoms. The Morgan fingerprint density at radius 2 is 1.69 bits per heavy atom. The van der Waals surface area contributed by atoms with Crippen LogP contribution in [-0.2, 0) is 0 Å². The van der Waals surface area contributed by atoms with Gasteiger partial charge in [-0.2, -0.15) is 0 Å². The van der Waals surface area contributed by atoms with Crippen molar-refractivity contribution >= 4 is 28.8 Å². The Morgan fingerprint density at radius 1 is 0.966 bits per heavy atom. The van der Waals surface area contributed by atoms with Gasteiger partial charge in [0.25, 0.3) is 5.91 Å². The largest absolute Gasteiger partial charge is 0.372 e. The van der Waals surface area contributed by atoms with Crippen LogP contribution in [0.15, 0.2) is 54.9 Å². The lowest BCUT2D eigenvalue weighted by Crippen LogP contribution is -2.21. The summed E-state index contributed by atoms with van der Waals surface area (Å²) >= 11 is 0. The number of carbonyl (C=O) groups excluding carboxylic acids is 1. The predicted octanol–water partition coefficient (Wildman–Crippen LogP) is 4.94. The molecule has 0 unspecified atom stereocenters. The number of nitrogens with zero attached hydrogens (tertiary/aromatic N) is 3. The van der Waals surface area contributed by atoms with Gasteiger partial charge in [-0.3, -0.25) is 4.79 Å². The van der Waals surface area contributed by atoms with Crippen molar-refractivity contribution in [3.8, 4) is 0 Å². The van der Waals surface area contributed by atoms with Crippen molar-refractivity contribution in [2.45, 2.75) is 27.7 Å². The van der Waals surface area contributed by atoms with E-state index in [1.54, 1.807) is 6.20 Å². The van der Waals surface area contributed by atoms with E-state index in [9.17, 15) is 4.79 Å². The molecule has 0 saturated carbocycles. The summed E-state index contributed by atoms with van der Waals surface area (Å²) in [6.45, 7) is 10.3. The maximum Gasteiger partial charge on any atom is 0.275 e. The fourth-order valence-electron chi connectivity index (χ4n) is 3.05. The molecule has 0 radical (unpaired) electrons. The number of benzene rings is 2. The molecular formula is C23H27N5O. The zero-order chi connectivity index (χ0) is 20.8. The Bertz CT molecular complexity index is 964. The number of carbonyl (C=O) groups is 1. The van der Waals surface area contributed by atoms with E-state index >= 15 is 0 Å². The monoisotopic (exact) mass is 389 g/mol. The Labute approximate surface area is 172 Å². The average molecular weight is 390 g/mol. The summed E-state index contributed by atoms with van der Waals surface area (Å²) in [5.41, 5.74) is 5.42. The molecule has 0 fully saturated rings. The molecule has 3 rings (SSSR count). The molecule has 1 amide bonds. The van der Waals surface area contributed by atoms with Gasteiger partial charge in [-0.25, -0.2) is 9.97 Å². The average Bonchev–Trinajstić information content (AvgIpc) is 2.73. The number of hydrogen-bond donors (Lipinski definition) is 2. The van der Waals surface area contributed by atoms with Crippen LogP contribution in [0.4, 0.5) is 22.9 Å². The lowest BCUT2D eigenvalue weighted by Gasteiger charge is -2.22. The lowest BCUT2D eigenvalue weighted by molar-refractivity contribution is 0.102. The predicted molar refractivity (Wildman–Crippen MR) is 119 cm³/mol. The molecular weight excluding hydrogens is 362 g/mol. The normalized spacial score (nSPS) is 10.5. The third-order valence-corrected chi connectivity index (χ3v) is 4.80. The Morgan fingerprint density at radius 3 is 2.28 bits per heavy atom.